The zero-order chi connectivity index (χ0) is 16.4. The molecule has 1 unspecified atom stereocenters. The minimum Gasteiger partial charge on any atom is -0.414 e. The van der Waals surface area contributed by atoms with E-state index in [1.165, 1.54) is 17.5 Å². The van der Waals surface area contributed by atoms with Crippen molar-refractivity contribution in [3.8, 4) is 0 Å². The third-order valence-corrected chi connectivity index (χ3v) is 5.89. The van der Waals surface area contributed by atoms with Crippen molar-refractivity contribution in [3.05, 3.63) is 41.3 Å². The summed E-state index contributed by atoms with van der Waals surface area (Å²) in [5.41, 5.74) is 2.97. The Bertz CT molecular complexity index is 731. The molecule has 4 rings (SSSR count). The largest absolute Gasteiger partial charge is 0.414 e. The molecule has 2 aromatic rings. The van der Waals surface area contributed by atoms with Crippen molar-refractivity contribution in [2.75, 3.05) is 12.3 Å². The van der Waals surface area contributed by atoms with Crippen molar-refractivity contribution in [3.63, 3.8) is 0 Å². The lowest BCUT2D eigenvalue weighted by molar-refractivity contribution is -0.128. The first-order valence-corrected chi connectivity index (χ1v) is 9.56. The van der Waals surface area contributed by atoms with Crippen LogP contribution in [0.2, 0.25) is 0 Å². The van der Waals surface area contributed by atoms with Crippen LogP contribution in [0.5, 0.6) is 0 Å². The van der Waals surface area contributed by atoms with Gasteiger partial charge >= 0.3 is 0 Å². The van der Waals surface area contributed by atoms with Crippen LogP contribution < -0.4 is 0 Å². The van der Waals surface area contributed by atoms with E-state index in [2.05, 4.69) is 34.5 Å². The maximum absolute atomic E-state index is 11.6. The fourth-order valence-corrected chi connectivity index (χ4v) is 4.42. The van der Waals surface area contributed by atoms with Crippen LogP contribution in [0.1, 0.15) is 36.3 Å². The minimum atomic E-state index is 0.184. The molecule has 5 nitrogen and oxygen atoms in total. The number of thioether (sulfide) groups is 1. The summed E-state index contributed by atoms with van der Waals surface area (Å²) in [6, 6.07) is 8.73. The van der Waals surface area contributed by atoms with Crippen LogP contribution in [0.4, 0.5) is 0 Å². The Kier molecular flexibility index (Phi) is 4.56. The SMILES string of the molecule is O=C1CCCN1Cc1nnc(SCC2CCc3ccccc3C2)o1. The monoisotopic (exact) mass is 343 g/mol. The molecule has 1 aromatic carbocycles. The molecule has 2 heterocycles. The fraction of sp³-hybridized carbons (Fsp3) is 0.500. The number of fused-ring (bicyclic) bond motifs is 1. The molecule has 1 aliphatic carbocycles. The molecular formula is C18H21N3O2S. The predicted octanol–water partition coefficient (Wildman–Crippen LogP) is 3.09. The summed E-state index contributed by atoms with van der Waals surface area (Å²) in [6.45, 7) is 1.24. The van der Waals surface area contributed by atoms with Crippen LogP contribution in [0.15, 0.2) is 33.9 Å². The van der Waals surface area contributed by atoms with Gasteiger partial charge in [-0.05, 0) is 42.7 Å². The van der Waals surface area contributed by atoms with Crippen molar-refractivity contribution in [2.24, 2.45) is 5.92 Å². The third-order valence-electron chi connectivity index (χ3n) is 4.84. The maximum Gasteiger partial charge on any atom is 0.276 e. The standard InChI is InChI=1S/C18H21N3O2S/c22-17-6-3-9-21(17)11-16-19-20-18(23-16)24-12-13-7-8-14-4-1-2-5-15(14)10-13/h1-2,4-5,13H,3,6-12H2. The fourth-order valence-electron chi connectivity index (χ4n) is 3.50. The highest BCUT2D eigenvalue weighted by Crippen LogP contribution is 2.30. The van der Waals surface area contributed by atoms with Gasteiger partial charge in [-0.3, -0.25) is 4.79 Å². The van der Waals surface area contributed by atoms with E-state index in [0.717, 1.165) is 31.6 Å². The number of aromatic nitrogens is 2. The second kappa shape index (κ2) is 6.97. The molecule has 1 fully saturated rings. The molecule has 0 saturated carbocycles. The van der Waals surface area contributed by atoms with E-state index in [-0.39, 0.29) is 5.91 Å². The second-order valence-corrected chi connectivity index (χ2v) is 7.54. The highest BCUT2D eigenvalue weighted by Gasteiger charge is 2.23. The topological polar surface area (TPSA) is 59.2 Å². The summed E-state index contributed by atoms with van der Waals surface area (Å²) in [4.78, 5) is 13.4. The van der Waals surface area contributed by atoms with Crippen molar-refractivity contribution in [1.82, 2.24) is 15.1 Å². The number of benzene rings is 1. The molecule has 126 valence electrons. The van der Waals surface area contributed by atoms with Gasteiger partial charge in [0.05, 0.1) is 6.54 Å². The van der Waals surface area contributed by atoms with Crippen molar-refractivity contribution in [2.45, 2.75) is 43.9 Å². The third kappa shape index (κ3) is 3.48. The van der Waals surface area contributed by atoms with Gasteiger partial charge in [-0.25, -0.2) is 0 Å². The van der Waals surface area contributed by atoms with Gasteiger partial charge in [-0.1, -0.05) is 36.0 Å². The average molecular weight is 343 g/mol. The Labute approximate surface area is 145 Å². The van der Waals surface area contributed by atoms with E-state index in [0.29, 0.717) is 30.0 Å². The Morgan fingerprint density at radius 1 is 1.21 bits per heavy atom. The van der Waals surface area contributed by atoms with E-state index in [1.54, 1.807) is 16.7 Å². The summed E-state index contributed by atoms with van der Waals surface area (Å²) >= 11 is 1.64. The Morgan fingerprint density at radius 3 is 2.92 bits per heavy atom. The average Bonchev–Trinajstić information content (AvgIpc) is 3.22. The second-order valence-electron chi connectivity index (χ2n) is 6.57. The predicted molar refractivity (Wildman–Crippen MR) is 91.6 cm³/mol. The van der Waals surface area contributed by atoms with Crippen LogP contribution in [-0.2, 0) is 24.2 Å². The van der Waals surface area contributed by atoms with E-state index in [1.807, 2.05) is 0 Å². The maximum atomic E-state index is 11.6. The first-order chi connectivity index (χ1) is 11.8. The van der Waals surface area contributed by atoms with Gasteiger partial charge < -0.3 is 9.32 Å². The summed E-state index contributed by atoms with van der Waals surface area (Å²) in [5.74, 6) is 2.38. The van der Waals surface area contributed by atoms with Gasteiger partial charge in [0.2, 0.25) is 11.8 Å². The van der Waals surface area contributed by atoms with E-state index in [9.17, 15) is 4.79 Å². The molecule has 24 heavy (non-hydrogen) atoms. The van der Waals surface area contributed by atoms with Gasteiger partial charge in [0.25, 0.3) is 5.22 Å². The lowest BCUT2D eigenvalue weighted by Crippen LogP contribution is -2.23. The molecule has 0 spiro atoms. The van der Waals surface area contributed by atoms with Gasteiger partial charge in [0, 0.05) is 18.7 Å². The number of rotatable bonds is 5. The lowest BCUT2D eigenvalue weighted by atomic mass is 9.85. The molecule has 1 aliphatic heterocycles. The quantitative estimate of drug-likeness (QED) is 0.781. The summed E-state index contributed by atoms with van der Waals surface area (Å²) in [7, 11) is 0. The number of hydrogen-bond acceptors (Lipinski definition) is 5. The number of carbonyl (C=O) groups excluding carboxylic acids is 1. The van der Waals surface area contributed by atoms with Crippen LogP contribution in [0.3, 0.4) is 0 Å². The molecular weight excluding hydrogens is 322 g/mol. The molecule has 1 amide bonds. The molecule has 2 aliphatic rings. The Balaban J connectivity index is 1.30. The van der Waals surface area contributed by atoms with Gasteiger partial charge in [0.15, 0.2) is 0 Å². The summed E-state index contributed by atoms with van der Waals surface area (Å²) in [6.07, 6.45) is 5.07. The number of nitrogens with zero attached hydrogens (tertiary/aromatic N) is 3. The highest BCUT2D eigenvalue weighted by atomic mass is 32.2. The summed E-state index contributed by atoms with van der Waals surface area (Å²) < 4.78 is 5.70. The molecule has 0 radical (unpaired) electrons. The first-order valence-electron chi connectivity index (χ1n) is 8.57. The van der Waals surface area contributed by atoms with Gasteiger partial charge in [-0.2, -0.15) is 0 Å². The zero-order valence-corrected chi connectivity index (χ0v) is 14.4. The number of carbonyl (C=O) groups is 1. The first kappa shape index (κ1) is 15.7. The molecule has 1 aromatic heterocycles. The van der Waals surface area contributed by atoms with Crippen LogP contribution in [0.25, 0.3) is 0 Å². The number of likely N-dealkylation sites (tertiary alicyclic amines) is 1. The number of hydrogen-bond donors (Lipinski definition) is 0. The summed E-state index contributed by atoms with van der Waals surface area (Å²) in [5, 5.41) is 8.82. The lowest BCUT2D eigenvalue weighted by Gasteiger charge is -2.23. The Morgan fingerprint density at radius 2 is 2.08 bits per heavy atom. The molecule has 0 bridgehead atoms. The van der Waals surface area contributed by atoms with E-state index < -0.39 is 0 Å². The smallest absolute Gasteiger partial charge is 0.276 e. The molecule has 1 saturated heterocycles. The van der Waals surface area contributed by atoms with Crippen LogP contribution in [0, 0.1) is 5.92 Å². The number of aryl methyl sites for hydroxylation is 1. The van der Waals surface area contributed by atoms with Crippen LogP contribution in [-0.4, -0.2) is 33.3 Å². The molecule has 0 N–H and O–H groups in total. The van der Waals surface area contributed by atoms with Crippen LogP contribution >= 0.6 is 11.8 Å². The van der Waals surface area contributed by atoms with E-state index in [4.69, 9.17) is 4.42 Å². The molecule has 6 heteroatoms. The Hall–Kier alpha value is -1.82. The van der Waals surface area contributed by atoms with E-state index >= 15 is 0 Å². The van der Waals surface area contributed by atoms with Gasteiger partial charge in [0.1, 0.15) is 0 Å². The van der Waals surface area contributed by atoms with Crippen molar-refractivity contribution < 1.29 is 9.21 Å². The zero-order valence-electron chi connectivity index (χ0n) is 13.6. The highest BCUT2D eigenvalue weighted by molar-refractivity contribution is 7.99. The molecule has 1 atom stereocenters. The van der Waals surface area contributed by atoms with Crippen molar-refractivity contribution in [1.29, 1.82) is 0 Å². The van der Waals surface area contributed by atoms with Crippen molar-refractivity contribution >= 4 is 17.7 Å². The minimum absolute atomic E-state index is 0.184. The normalized spacial score (nSPS) is 20.4. The van der Waals surface area contributed by atoms with Gasteiger partial charge in [-0.15, -0.1) is 10.2 Å². The number of amides is 1.